The average Bonchev–Trinajstić information content (AvgIpc) is 2.84. The SMILES string of the molecule is CCN(Cc1cnn(C)c1)S(=O)(=O)c1cc(Br)ccc1F. The fourth-order valence-corrected chi connectivity index (χ4v) is 3.98. The van der Waals surface area contributed by atoms with Crippen LogP contribution in [-0.2, 0) is 23.6 Å². The molecule has 0 fully saturated rings. The second kappa shape index (κ2) is 6.25. The van der Waals surface area contributed by atoms with Crippen LogP contribution in [0.15, 0.2) is 40.0 Å². The monoisotopic (exact) mass is 375 g/mol. The molecule has 0 aliphatic carbocycles. The van der Waals surface area contributed by atoms with Crippen molar-refractivity contribution in [2.75, 3.05) is 6.54 Å². The molecular weight excluding hydrogens is 361 g/mol. The zero-order valence-corrected chi connectivity index (χ0v) is 14.0. The fraction of sp³-hybridized carbons (Fsp3) is 0.308. The van der Waals surface area contributed by atoms with E-state index in [0.717, 1.165) is 11.6 Å². The summed E-state index contributed by atoms with van der Waals surface area (Å²) in [6.45, 7) is 2.10. The minimum atomic E-state index is -3.90. The summed E-state index contributed by atoms with van der Waals surface area (Å²) in [5, 5.41) is 4.00. The summed E-state index contributed by atoms with van der Waals surface area (Å²) in [5.74, 6) is -0.761. The second-order valence-corrected chi connectivity index (χ2v) is 7.35. The molecule has 2 rings (SSSR count). The molecule has 0 spiro atoms. The van der Waals surface area contributed by atoms with Gasteiger partial charge in [0.25, 0.3) is 0 Å². The van der Waals surface area contributed by atoms with Crippen LogP contribution in [0.1, 0.15) is 12.5 Å². The van der Waals surface area contributed by atoms with Crippen molar-refractivity contribution in [1.29, 1.82) is 0 Å². The maximum atomic E-state index is 13.9. The van der Waals surface area contributed by atoms with Crippen LogP contribution >= 0.6 is 15.9 Å². The number of sulfonamides is 1. The highest BCUT2D eigenvalue weighted by Crippen LogP contribution is 2.24. The van der Waals surface area contributed by atoms with Crippen LogP contribution < -0.4 is 0 Å². The molecule has 0 unspecified atom stereocenters. The van der Waals surface area contributed by atoms with Gasteiger partial charge in [0.15, 0.2) is 0 Å². The molecule has 8 heteroatoms. The molecule has 5 nitrogen and oxygen atoms in total. The summed E-state index contributed by atoms with van der Waals surface area (Å²) < 4.78 is 42.4. The van der Waals surface area contributed by atoms with E-state index in [1.165, 1.54) is 16.4 Å². The molecule has 2 aromatic rings. The summed E-state index contributed by atoms with van der Waals surface area (Å²) in [6.07, 6.45) is 3.32. The van der Waals surface area contributed by atoms with Crippen molar-refractivity contribution in [3.8, 4) is 0 Å². The van der Waals surface area contributed by atoms with Crippen LogP contribution in [0, 0.1) is 5.82 Å². The number of hydrogen-bond donors (Lipinski definition) is 0. The van der Waals surface area contributed by atoms with E-state index in [-0.39, 0.29) is 18.0 Å². The molecule has 21 heavy (non-hydrogen) atoms. The normalized spacial score (nSPS) is 12.0. The Bertz CT molecular complexity index is 746. The Morgan fingerprint density at radius 1 is 1.43 bits per heavy atom. The van der Waals surface area contributed by atoms with Crippen LogP contribution in [0.2, 0.25) is 0 Å². The number of benzene rings is 1. The fourth-order valence-electron chi connectivity index (χ4n) is 1.94. The van der Waals surface area contributed by atoms with E-state index in [9.17, 15) is 12.8 Å². The predicted octanol–water partition coefficient (Wildman–Crippen LogP) is 2.53. The Morgan fingerprint density at radius 2 is 2.14 bits per heavy atom. The first-order valence-corrected chi connectivity index (χ1v) is 8.50. The zero-order valence-electron chi connectivity index (χ0n) is 11.6. The molecule has 114 valence electrons. The van der Waals surface area contributed by atoms with Crippen LogP contribution in [0.25, 0.3) is 0 Å². The van der Waals surface area contributed by atoms with Gasteiger partial charge in [-0.2, -0.15) is 9.40 Å². The molecule has 0 bridgehead atoms. The summed E-state index contributed by atoms with van der Waals surface area (Å²) in [4.78, 5) is -0.331. The number of aryl methyl sites for hydroxylation is 1. The molecule has 0 N–H and O–H groups in total. The molecule has 0 saturated heterocycles. The van der Waals surface area contributed by atoms with Crippen molar-refractivity contribution in [3.63, 3.8) is 0 Å². The van der Waals surface area contributed by atoms with E-state index in [1.54, 1.807) is 31.0 Å². The van der Waals surface area contributed by atoms with Crippen molar-refractivity contribution >= 4 is 26.0 Å². The van der Waals surface area contributed by atoms with Crippen molar-refractivity contribution in [2.24, 2.45) is 7.05 Å². The van der Waals surface area contributed by atoms with Crippen LogP contribution in [0.3, 0.4) is 0 Å². The Labute approximate surface area is 131 Å². The van der Waals surface area contributed by atoms with Gasteiger partial charge in [-0.25, -0.2) is 12.8 Å². The molecule has 0 aliphatic rings. The molecule has 0 radical (unpaired) electrons. The van der Waals surface area contributed by atoms with Gasteiger partial charge in [0, 0.05) is 36.4 Å². The molecule has 1 heterocycles. The number of aromatic nitrogens is 2. The van der Waals surface area contributed by atoms with Crippen molar-refractivity contribution < 1.29 is 12.8 Å². The summed E-state index contributed by atoms with van der Waals surface area (Å²) >= 11 is 3.17. The quantitative estimate of drug-likeness (QED) is 0.806. The zero-order chi connectivity index (χ0) is 15.6. The number of rotatable bonds is 5. The van der Waals surface area contributed by atoms with Gasteiger partial charge < -0.3 is 0 Å². The standard InChI is InChI=1S/C13H15BrFN3O2S/c1-3-18(9-10-7-16-17(2)8-10)21(19,20)13-6-11(14)4-5-12(13)15/h4-8H,3,9H2,1-2H3. The first kappa shape index (κ1) is 16.1. The van der Waals surface area contributed by atoms with Crippen molar-refractivity contribution in [2.45, 2.75) is 18.4 Å². The third kappa shape index (κ3) is 3.50. The first-order valence-electron chi connectivity index (χ1n) is 6.27. The van der Waals surface area contributed by atoms with Gasteiger partial charge in [0.1, 0.15) is 10.7 Å². The van der Waals surface area contributed by atoms with E-state index in [4.69, 9.17) is 0 Å². The Morgan fingerprint density at radius 3 is 2.71 bits per heavy atom. The molecule has 0 atom stereocenters. The predicted molar refractivity (Wildman–Crippen MR) is 80.6 cm³/mol. The molecule has 0 amide bonds. The third-order valence-electron chi connectivity index (χ3n) is 2.98. The lowest BCUT2D eigenvalue weighted by atomic mass is 10.3. The lowest BCUT2D eigenvalue weighted by Gasteiger charge is -2.20. The summed E-state index contributed by atoms with van der Waals surface area (Å²) in [5.41, 5.74) is 0.748. The van der Waals surface area contributed by atoms with Gasteiger partial charge in [-0.1, -0.05) is 22.9 Å². The van der Waals surface area contributed by atoms with E-state index in [0.29, 0.717) is 4.47 Å². The second-order valence-electron chi connectivity index (χ2n) is 4.53. The topological polar surface area (TPSA) is 55.2 Å². The highest BCUT2D eigenvalue weighted by atomic mass is 79.9. The Kier molecular flexibility index (Phi) is 4.80. The highest BCUT2D eigenvalue weighted by Gasteiger charge is 2.27. The van der Waals surface area contributed by atoms with Gasteiger partial charge in [0.05, 0.1) is 6.20 Å². The molecule has 0 aliphatic heterocycles. The molecule has 1 aromatic heterocycles. The third-order valence-corrected chi connectivity index (χ3v) is 5.41. The van der Waals surface area contributed by atoms with Gasteiger partial charge in [0.2, 0.25) is 10.0 Å². The van der Waals surface area contributed by atoms with E-state index in [2.05, 4.69) is 21.0 Å². The smallest absolute Gasteiger partial charge is 0.246 e. The van der Waals surface area contributed by atoms with Gasteiger partial charge in [-0.3, -0.25) is 4.68 Å². The van der Waals surface area contributed by atoms with Crippen molar-refractivity contribution in [3.05, 3.63) is 46.4 Å². The maximum Gasteiger partial charge on any atom is 0.246 e. The lowest BCUT2D eigenvalue weighted by molar-refractivity contribution is 0.419. The Hall–Kier alpha value is -1.25. The highest BCUT2D eigenvalue weighted by molar-refractivity contribution is 9.10. The van der Waals surface area contributed by atoms with Crippen molar-refractivity contribution in [1.82, 2.24) is 14.1 Å². The number of halogens is 2. The summed E-state index contributed by atoms with van der Waals surface area (Å²) in [6, 6.07) is 3.87. The van der Waals surface area contributed by atoms with E-state index < -0.39 is 15.8 Å². The average molecular weight is 376 g/mol. The van der Waals surface area contributed by atoms with Gasteiger partial charge in [-0.15, -0.1) is 0 Å². The van der Waals surface area contributed by atoms with Gasteiger partial charge >= 0.3 is 0 Å². The largest absolute Gasteiger partial charge is 0.275 e. The van der Waals surface area contributed by atoms with Crippen LogP contribution in [0.5, 0.6) is 0 Å². The van der Waals surface area contributed by atoms with E-state index in [1.807, 2.05) is 0 Å². The number of nitrogens with zero attached hydrogens (tertiary/aromatic N) is 3. The number of hydrogen-bond acceptors (Lipinski definition) is 3. The van der Waals surface area contributed by atoms with Crippen LogP contribution in [-0.4, -0.2) is 29.0 Å². The summed E-state index contributed by atoms with van der Waals surface area (Å²) in [7, 11) is -2.15. The first-order chi connectivity index (χ1) is 9.84. The minimum absolute atomic E-state index is 0.151. The van der Waals surface area contributed by atoms with Gasteiger partial charge in [-0.05, 0) is 18.2 Å². The maximum absolute atomic E-state index is 13.9. The lowest BCUT2D eigenvalue weighted by Crippen LogP contribution is -2.31. The minimum Gasteiger partial charge on any atom is -0.275 e. The Balaban J connectivity index is 2.37. The molecule has 1 aromatic carbocycles. The molecule has 0 saturated carbocycles. The molecular formula is C13H15BrFN3O2S. The van der Waals surface area contributed by atoms with E-state index >= 15 is 0 Å². The van der Waals surface area contributed by atoms with Crippen LogP contribution in [0.4, 0.5) is 4.39 Å².